The summed E-state index contributed by atoms with van der Waals surface area (Å²) >= 11 is 0. The molecule has 0 saturated heterocycles. The molecule has 97 heavy (non-hydrogen) atoms. The lowest BCUT2D eigenvalue weighted by Gasteiger charge is -2.29. The molecule has 9 rings (SSSR count). The third-order valence-corrected chi connectivity index (χ3v) is 19.9. The largest absolute Gasteiger partial charge is 0.384 e. The molecule has 0 radical (unpaired) electrons. The van der Waals surface area contributed by atoms with Gasteiger partial charge in [-0.1, -0.05) is 114 Å². The highest BCUT2D eigenvalue weighted by Gasteiger charge is 2.44. The highest BCUT2D eigenvalue weighted by molar-refractivity contribution is 7.85. The zero-order valence-electron chi connectivity index (χ0n) is 59.5. The summed E-state index contributed by atoms with van der Waals surface area (Å²) in [6.07, 6.45) is 19.8. The first-order valence-corrected chi connectivity index (χ1v) is 37.0. The monoisotopic (exact) mass is 1350 g/mol. The molecule has 18 heteroatoms. The molecule has 0 bridgehead atoms. The van der Waals surface area contributed by atoms with Gasteiger partial charge in [-0.05, 0) is 154 Å². The molecule has 3 heterocycles. The molecule has 2 aliphatic heterocycles. The summed E-state index contributed by atoms with van der Waals surface area (Å²) in [5.41, 5.74) is 17.8. The topological polar surface area (TPSA) is 186 Å². The quantitative estimate of drug-likeness (QED) is 0.0192. The number of carbonyl (C=O) groups excluding carboxylic acids is 2. The van der Waals surface area contributed by atoms with Crippen LogP contribution in [-0.2, 0) is 57.6 Å². The Hall–Kier alpha value is -6.87. The van der Waals surface area contributed by atoms with Gasteiger partial charge in [-0.2, -0.15) is 18.1 Å². The van der Waals surface area contributed by atoms with E-state index < -0.39 is 10.1 Å². The molecular weight excluding hydrogens is 1240 g/mol. The molecule has 2 aliphatic carbocycles. The molecule has 1 amide bonds. The van der Waals surface area contributed by atoms with E-state index >= 15 is 0 Å². The fraction of sp³-hybridized carbons (Fsp3) is 0.519. The minimum atomic E-state index is -4.03. The van der Waals surface area contributed by atoms with E-state index in [2.05, 4.69) is 166 Å². The van der Waals surface area contributed by atoms with Crippen LogP contribution in [0.15, 0.2) is 132 Å². The highest BCUT2D eigenvalue weighted by Crippen LogP contribution is 2.49. The molecule has 0 saturated carbocycles. The Morgan fingerprint density at radius 1 is 0.722 bits per heavy atom. The summed E-state index contributed by atoms with van der Waals surface area (Å²) in [7, 11) is -0.551. The van der Waals surface area contributed by atoms with E-state index in [1.165, 1.54) is 68.9 Å². The van der Waals surface area contributed by atoms with Crippen molar-refractivity contribution in [2.45, 2.75) is 150 Å². The predicted octanol–water partition coefficient (Wildman–Crippen LogP) is 14.1. The Morgan fingerprint density at radius 2 is 1.37 bits per heavy atom. The van der Waals surface area contributed by atoms with E-state index in [1.807, 2.05) is 29.8 Å². The van der Waals surface area contributed by atoms with Gasteiger partial charge in [-0.25, -0.2) is 4.68 Å². The highest BCUT2D eigenvalue weighted by atomic mass is 32.2. The van der Waals surface area contributed by atoms with Crippen LogP contribution in [-0.4, -0.2) is 162 Å². The van der Waals surface area contributed by atoms with Crippen molar-refractivity contribution in [3.8, 4) is 5.69 Å². The number of nitrogens with zero attached hydrogens (tertiary/aromatic N) is 5. The number of ketones is 1. The second-order valence-electron chi connectivity index (χ2n) is 28.3. The van der Waals surface area contributed by atoms with Crippen LogP contribution in [0.5, 0.6) is 0 Å². The number of ether oxygens (including phenoxy) is 5. The summed E-state index contributed by atoms with van der Waals surface area (Å²) in [6.45, 7) is 26.5. The zero-order valence-corrected chi connectivity index (χ0v) is 60.4. The number of anilines is 2. The van der Waals surface area contributed by atoms with E-state index in [9.17, 15) is 22.6 Å². The Morgan fingerprint density at radius 3 is 2.04 bits per heavy atom. The smallest absolute Gasteiger partial charge is 0.264 e. The van der Waals surface area contributed by atoms with Gasteiger partial charge in [-0.3, -0.25) is 14.1 Å². The number of benzene rings is 4. The summed E-state index contributed by atoms with van der Waals surface area (Å²) in [6, 6.07) is 32.2. The van der Waals surface area contributed by atoms with Gasteiger partial charge in [0.05, 0.1) is 92.2 Å². The van der Waals surface area contributed by atoms with E-state index in [4.69, 9.17) is 28.8 Å². The average molecular weight is 1350 g/mol. The molecule has 0 unspecified atom stereocenters. The number of nitrogens with one attached hydrogen (secondary N) is 2. The van der Waals surface area contributed by atoms with Gasteiger partial charge >= 0.3 is 0 Å². The number of unbranched alkanes of at least 4 members (excludes halogenated alkanes) is 3. The Kier molecular flexibility index (Phi) is 26.6. The second kappa shape index (κ2) is 34.8. The van der Waals surface area contributed by atoms with Gasteiger partial charge < -0.3 is 44.1 Å². The molecule has 1 aromatic heterocycles. The standard InChI is InChI=1S/C79H107N7O10S/c1-11-12-17-41-84-68-27-15-13-25-65(68)78(5,6)72(84)37-33-60-23-20-24-61(34-38-73-79(7,8)66-26-14-16-28-69(66)85(73)42-18-19-53-97(89,90)91)75(60)62-31-29-59(30-32-62)57-80-39-21-43-92-45-47-94-49-51-96-52-50-95-48-46-93-44-22-40-81-67-54-63(35-36-64(67)76(88)83(9)10)86-70-55-77(3,4)56-71(87)74(70)58(2)82-86/h13-16,25-38,54,80H,11-12,17-24,39-53,55-57H2,1-10H3,(H-,81,88,89,90,91)/p+1. The number of para-hydroxylation sites is 2. The first kappa shape index (κ1) is 74.4. The first-order valence-electron chi connectivity index (χ1n) is 35.4. The number of fused-ring (bicyclic) bond motifs is 3. The lowest BCUT2D eigenvalue weighted by Crippen LogP contribution is -2.28. The van der Waals surface area contributed by atoms with Gasteiger partial charge in [0.25, 0.3) is 16.0 Å². The van der Waals surface area contributed by atoms with E-state index in [-0.39, 0.29) is 33.7 Å². The molecule has 0 fully saturated rings. The van der Waals surface area contributed by atoms with Crippen LogP contribution in [0.4, 0.5) is 17.1 Å². The van der Waals surface area contributed by atoms with E-state index in [0.717, 1.165) is 92.9 Å². The second-order valence-corrected chi connectivity index (χ2v) is 29.8. The van der Waals surface area contributed by atoms with Crippen molar-refractivity contribution >= 4 is 50.2 Å². The molecule has 0 atom stereocenters. The van der Waals surface area contributed by atoms with Crippen molar-refractivity contribution in [1.29, 1.82) is 0 Å². The van der Waals surface area contributed by atoms with Crippen molar-refractivity contribution < 1.29 is 50.8 Å². The fourth-order valence-electron chi connectivity index (χ4n) is 14.1. The summed E-state index contributed by atoms with van der Waals surface area (Å²) in [5, 5.41) is 11.9. The molecule has 5 aromatic rings. The molecule has 524 valence electrons. The number of aryl methyl sites for hydroxylation is 1. The van der Waals surface area contributed by atoms with Crippen LogP contribution in [0.3, 0.4) is 0 Å². The maximum Gasteiger partial charge on any atom is 0.264 e. The zero-order chi connectivity index (χ0) is 69.2. The van der Waals surface area contributed by atoms with Crippen LogP contribution < -0.4 is 15.5 Å². The van der Waals surface area contributed by atoms with Crippen LogP contribution in [0.2, 0.25) is 0 Å². The van der Waals surface area contributed by atoms with Gasteiger partial charge in [-0.15, -0.1) is 0 Å². The third-order valence-electron chi connectivity index (χ3n) is 19.1. The number of hydrogen-bond donors (Lipinski definition) is 3. The minimum absolute atomic E-state index is 0.100. The third kappa shape index (κ3) is 19.5. The summed E-state index contributed by atoms with van der Waals surface area (Å²) < 4.78 is 66.2. The Bertz CT molecular complexity index is 3780. The van der Waals surface area contributed by atoms with Crippen molar-refractivity contribution in [3.63, 3.8) is 0 Å². The first-order chi connectivity index (χ1) is 46.6. The van der Waals surface area contributed by atoms with Gasteiger partial charge in [0.2, 0.25) is 5.69 Å². The minimum Gasteiger partial charge on any atom is -0.384 e. The van der Waals surface area contributed by atoms with Crippen LogP contribution in [0, 0.1) is 12.3 Å². The SMILES string of the molecule is CCCCC[N+]1=C(/C=C/C2=C(c3ccc(CNCCCOCCOCCOCCOCCOCCCNc4cc(-n5nc(C)c6c5CC(C)(C)CC6=O)ccc4C(=O)N(C)C)cc3)C(=C/C=C3/N(CCCCS(=O)(=O)O)c4ccccc4C3(C)C)/CCC2)C(C)(C)c2ccccc21. The number of aromatic nitrogens is 2. The van der Waals surface area contributed by atoms with Crippen molar-refractivity contribution in [2.24, 2.45) is 5.41 Å². The van der Waals surface area contributed by atoms with Gasteiger partial charge in [0, 0.05) is 100.0 Å². The van der Waals surface area contributed by atoms with Crippen LogP contribution >= 0.6 is 0 Å². The number of carbonyl (C=O) groups is 2. The summed E-state index contributed by atoms with van der Waals surface area (Å²) in [5.74, 6) is -0.214. The maximum atomic E-state index is 13.2. The molecule has 0 spiro atoms. The number of hydrogen-bond acceptors (Lipinski definition) is 13. The predicted molar refractivity (Wildman–Crippen MR) is 390 cm³/mol. The fourth-order valence-corrected chi connectivity index (χ4v) is 14.7. The Balaban J connectivity index is 0.690. The molecule has 3 N–H and O–H groups in total. The molecule has 4 aliphatic rings. The van der Waals surface area contributed by atoms with Crippen LogP contribution in [0.1, 0.15) is 173 Å². The van der Waals surface area contributed by atoms with Crippen molar-refractivity contribution in [2.75, 3.05) is 122 Å². The molecule has 4 aromatic carbocycles. The Labute approximate surface area is 578 Å². The van der Waals surface area contributed by atoms with Gasteiger partial charge in [0.1, 0.15) is 6.54 Å². The lowest BCUT2D eigenvalue weighted by molar-refractivity contribution is -0.438. The molecule has 17 nitrogen and oxygen atoms in total. The van der Waals surface area contributed by atoms with E-state index in [0.29, 0.717) is 110 Å². The summed E-state index contributed by atoms with van der Waals surface area (Å²) in [4.78, 5) is 30.1. The normalized spacial score (nSPS) is 17.3. The van der Waals surface area contributed by atoms with Crippen molar-refractivity contribution in [3.05, 3.63) is 177 Å². The number of Topliss-reactive ketones (excluding diaryl/α,β-unsaturated/α-hetero) is 1. The number of rotatable bonds is 38. The average Bonchev–Trinajstić information content (AvgIpc) is 1.63. The number of allylic oxidation sites excluding steroid dienone is 8. The van der Waals surface area contributed by atoms with Gasteiger partial charge in [0.15, 0.2) is 11.5 Å². The number of amides is 1. The van der Waals surface area contributed by atoms with Crippen molar-refractivity contribution in [1.82, 2.24) is 20.0 Å². The molecular formula is C79H108N7O10S+. The van der Waals surface area contributed by atoms with Crippen LogP contribution in [0.25, 0.3) is 11.3 Å². The lowest BCUT2D eigenvalue weighted by atomic mass is 9.75. The maximum absolute atomic E-state index is 13.2. The van der Waals surface area contributed by atoms with E-state index in [1.54, 1.807) is 19.0 Å².